The molecule has 1 aliphatic heterocycles. The van der Waals surface area contributed by atoms with Crippen molar-refractivity contribution in [2.45, 2.75) is 12.3 Å². The molecular formula is C17H16N2O2S2. The number of hydrogen-bond acceptors (Lipinski definition) is 5. The van der Waals surface area contributed by atoms with Crippen LogP contribution < -0.4 is 15.0 Å². The summed E-state index contributed by atoms with van der Waals surface area (Å²) in [5.41, 5.74) is 1.66. The summed E-state index contributed by atoms with van der Waals surface area (Å²) in [6.45, 7) is 2.57. The number of thiocarbonyl (C=S) groups is 1. The van der Waals surface area contributed by atoms with Crippen molar-refractivity contribution in [2.75, 3.05) is 16.8 Å². The standard InChI is InChI=1S/C17H16N2O2S2/c1-2-21-14-10-8-12(9-11-14)18-15-16(20)19(17(22)23-15)13-6-4-3-5-7-13/h3-11,15,18H,2H2,1H3/t15-/m1/s1. The maximum Gasteiger partial charge on any atom is 0.266 e. The predicted octanol–water partition coefficient (Wildman–Crippen LogP) is 3.89. The van der Waals surface area contributed by atoms with Crippen LogP contribution in [-0.4, -0.2) is 22.2 Å². The number of benzene rings is 2. The molecule has 1 amide bonds. The number of carbonyl (C=O) groups is 1. The van der Waals surface area contributed by atoms with Gasteiger partial charge in [-0.05, 0) is 43.3 Å². The monoisotopic (exact) mass is 344 g/mol. The molecule has 0 aromatic heterocycles. The number of nitrogens with one attached hydrogen (secondary N) is 1. The molecule has 1 aliphatic rings. The average Bonchev–Trinajstić information content (AvgIpc) is 2.84. The third kappa shape index (κ3) is 3.48. The van der Waals surface area contributed by atoms with Crippen LogP contribution in [-0.2, 0) is 4.79 Å². The Morgan fingerprint density at radius 1 is 1.17 bits per heavy atom. The summed E-state index contributed by atoms with van der Waals surface area (Å²) in [5, 5.41) is 2.80. The van der Waals surface area contributed by atoms with Crippen molar-refractivity contribution in [2.24, 2.45) is 0 Å². The number of para-hydroxylation sites is 1. The van der Waals surface area contributed by atoms with E-state index in [4.69, 9.17) is 17.0 Å². The second-order valence-electron chi connectivity index (χ2n) is 4.87. The van der Waals surface area contributed by atoms with Crippen molar-refractivity contribution >= 4 is 45.6 Å². The van der Waals surface area contributed by atoms with Gasteiger partial charge in [-0.1, -0.05) is 42.2 Å². The van der Waals surface area contributed by atoms with Crippen LogP contribution in [0.15, 0.2) is 54.6 Å². The molecule has 4 nitrogen and oxygen atoms in total. The number of ether oxygens (including phenoxy) is 1. The molecule has 0 radical (unpaired) electrons. The van der Waals surface area contributed by atoms with Gasteiger partial charge in [-0.15, -0.1) is 0 Å². The summed E-state index contributed by atoms with van der Waals surface area (Å²) in [6.07, 6.45) is 0. The van der Waals surface area contributed by atoms with E-state index in [9.17, 15) is 4.79 Å². The van der Waals surface area contributed by atoms with Gasteiger partial charge in [0.1, 0.15) is 10.1 Å². The highest BCUT2D eigenvalue weighted by atomic mass is 32.2. The minimum atomic E-state index is -0.416. The van der Waals surface area contributed by atoms with E-state index < -0.39 is 5.37 Å². The maximum absolute atomic E-state index is 12.6. The first-order valence-electron chi connectivity index (χ1n) is 7.28. The molecule has 23 heavy (non-hydrogen) atoms. The third-order valence-corrected chi connectivity index (χ3v) is 4.73. The molecule has 1 heterocycles. The van der Waals surface area contributed by atoms with Crippen molar-refractivity contribution in [1.29, 1.82) is 0 Å². The molecule has 1 fully saturated rings. The van der Waals surface area contributed by atoms with Crippen LogP contribution in [0.5, 0.6) is 5.75 Å². The fourth-order valence-corrected chi connectivity index (χ4v) is 3.67. The minimum absolute atomic E-state index is 0.0555. The van der Waals surface area contributed by atoms with E-state index in [0.29, 0.717) is 10.9 Å². The molecule has 1 atom stereocenters. The molecule has 6 heteroatoms. The van der Waals surface area contributed by atoms with Gasteiger partial charge in [0.15, 0.2) is 5.37 Å². The van der Waals surface area contributed by atoms with Gasteiger partial charge in [-0.2, -0.15) is 0 Å². The SMILES string of the molecule is CCOc1ccc(N[C@@H]2SC(=S)N(c3ccccc3)C2=O)cc1. The highest BCUT2D eigenvalue weighted by molar-refractivity contribution is 8.25. The van der Waals surface area contributed by atoms with Gasteiger partial charge >= 0.3 is 0 Å². The number of thioether (sulfide) groups is 1. The number of anilines is 2. The summed E-state index contributed by atoms with van der Waals surface area (Å²) in [7, 11) is 0. The van der Waals surface area contributed by atoms with Gasteiger partial charge < -0.3 is 10.1 Å². The molecule has 0 spiro atoms. The van der Waals surface area contributed by atoms with Gasteiger partial charge in [0, 0.05) is 5.69 Å². The zero-order chi connectivity index (χ0) is 16.2. The first-order chi connectivity index (χ1) is 11.2. The Kier molecular flexibility index (Phi) is 4.83. The summed E-state index contributed by atoms with van der Waals surface area (Å²) in [4.78, 5) is 14.2. The lowest BCUT2D eigenvalue weighted by molar-refractivity contribution is -0.116. The fourth-order valence-electron chi connectivity index (χ4n) is 2.28. The summed E-state index contributed by atoms with van der Waals surface area (Å²) >= 11 is 6.71. The Labute approximate surface area is 144 Å². The normalized spacial score (nSPS) is 17.4. The lowest BCUT2D eigenvalue weighted by atomic mass is 10.3. The van der Waals surface area contributed by atoms with E-state index in [1.54, 1.807) is 4.90 Å². The molecular weight excluding hydrogens is 328 g/mol. The Hall–Kier alpha value is -2.05. The molecule has 0 unspecified atom stereocenters. The van der Waals surface area contributed by atoms with Crippen LogP contribution in [0.3, 0.4) is 0 Å². The number of rotatable bonds is 5. The Bertz CT molecular complexity index is 704. The first kappa shape index (κ1) is 15.8. The van der Waals surface area contributed by atoms with Gasteiger partial charge in [0.2, 0.25) is 0 Å². The van der Waals surface area contributed by atoms with E-state index in [2.05, 4.69) is 5.32 Å². The van der Waals surface area contributed by atoms with Gasteiger partial charge in [0.05, 0.1) is 12.3 Å². The van der Waals surface area contributed by atoms with E-state index in [0.717, 1.165) is 17.1 Å². The molecule has 0 saturated carbocycles. The van der Waals surface area contributed by atoms with Crippen LogP contribution in [0.25, 0.3) is 0 Å². The lowest BCUT2D eigenvalue weighted by Gasteiger charge is -2.16. The van der Waals surface area contributed by atoms with Gasteiger partial charge in [0.25, 0.3) is 5.91 Å². The Balaban J connectivity index is 1.72. The molecule has 0 bridgehead atoms. The minimum Gasteiger partial charge on any atom is -0.494 e. The maximum atomic E-state index is 12.6. The second-order valence-corrected chi connectivity index (χ2v) is 6.61. The summed E-state index contributed by atoms with van der Waals surface area (Å²) < 4.78 is 5.97. The van der Waals surface area contributed by atoms with Crippen LogP contribution in [0.4, 0.5) is 11.4 Å². The highest BCUT2D eigenvalue weighted by Gasteiger charge is 2.37. The van der Waals surface area contributed by atoms with E-state index in [1.165, 1.54) is 11.8 Å². The topological polar surface area (TPSA) is 41.6 Å². The number of hydrogen-bond donors (Lipinski definition) is 1. The van der Waals surface area contributed by atoms with Crippen molar-refractivity contribution < 1.29 is 9.53 Å². The first-order valence-corrected chi connectivity index (χ1v) is 8.57. The van der Waals surface area contributed by atoms with Crippen LogP contribution in [0.1, 0.15) is 6.92 Å². The van der Waals surface area contributed by atoms with Gasteiger partial charge in [-0.25, -0.2) is 0 Å². The highest BCUT2D eigenvalue weighted by Crippen LogP contribution is 2.32. The third-order valence-electron chi connectivity index (χ3n) is 3.32. The Morgan fingerprint density at radius 3 is 2.52 bits per heavy atom. The summed E-state index contributed by atoms with van der Waals surface area (Å²) in [5.74, 6) is 0.755. The average molecular weight is 344 g/mol. The van der Waals surface area contributed by atoms with Crippen LogP contribution in [0.2, 0.25) is 0 Å². The van der Waals surface area contributed by atoms with E-state index in [1.807, 2.05) is 61.5 Å². The van der Waals surface area contributed by atoms with Crippen LogP contribution >= 0.6 is 24.0 Å². The molecule has 1 saturated heterocycles. The molecule has 118 valence electrons. The Morgan fingerprint density at radius 2 is 1.87 bits per heavy atom. The zero-order valence-electron chi connectivity index (χ0n) is 12.6. The number of carbonyl (C=O) groups excluding carboxylic acids is 1. The number of nitrogens with zero attached hydrogens (tertiary/aromatic N) is 1. The van der Waals surface area contributed by atoms with Crippen molar-refractivity contribution in [1.82, 2.24) is 0 Å². The van der Waals surface area contributed by atoms with Crippen molar-refractivity contribution in [3.05, 3.63) is 54.6 Å². The van der Waals surface area contributed by atoms with Crippen LogP contribution in [0, 0.1) is 0 Å². The quantitative estimate of drug-likeness (QED) is 0.834. The van der Waals surface area contributed by atoms with E-state index in [-0.39, 0.29) is 5.91 Å². The molecule has 2 aromatic rings. The zero-order valence-corrected chi connectivity index (χ0v) is 14.2. The molecule has 3 rings (SSSR count). The van der Waals surface area contributed by atoms with Crippen molar-refractivity contribution in [3.63, 3.8) is 0 Å². The van der Waals surface area contributed by atoms with Gasteiger partial charge in [-0.3, -0.25) is 9.69 Å². The lowest BCUT2D eigenvalue weighted by Crippen LogP contribution is -2.34. The predicted molar refractivity (Wildman–Crippen MR) is 99.1 cm³/mol. The largest absolute Gasteiger partial charge is 0.494 e. The van der Waals surface area contributed by atoms with E-state index >= 15 is 0 Å². The molecule has 0 aliphatic carbocycles. The molecule has 1 N–H and O–H groups in total. The molecule has 2 aromatic carbocycles. The smallest absolute Gasteiger partial charge is 0.266 e. The summed E-state index contributed by atoms with van der Waals surface area (Å²) in [6, 6.07) is 17.0. The number of amides is 1. The fraction of sp³-hybridized carbons (Fsp3) is 0.176. The van der Waals surface area contributed by atoms with Crippen molar-refractivity contribution in [3.8, 4) is 5.75 Å². The second kappa shape index (κ2) is 7.02.